The molecule has 0 atom stereocenters. The van der Waals surface area contributed by atoms with Crippen LogP contribution in [0.15, 0.2) is 41.3 Å². The summed E-state index contributed by atoms with van der Waals surface area (Å²) in [7, 11) is -2.53. The van der Waals surface area contributed by atoms with Crippen molar-refractivity contribution in [1.82, 2.24) is 4.31 Å². The van der Waals surface area contributed by atoms with E-state index in [0.717, 1.165) is 0 Å². The zero-order valence-electron chi connectivity index (χ0n) is 17.2. The molecule has 0 unspecified atom stereocenters. The molecule has 1 aliphatic heterocycles. The third kappa shape index (κ3) is 5.07. The molecular formula is C21H23ClN2O6S. The molecule has 0 aliphatic carbocycles. The minimum Gasteiger partial charge on any atom is -0.465 e. The molecule has 166 valence electrons. The van der Waals surface area contributed by atoms with Crippen LogP contribution in [-0.2, 0) is 25.9 Å². The number of carbonyl (C=O) groups excluding carboxylic acids is 2. The SMILES string of the molecule is CCc1ccc(C(=O)Nc2cc(C(=O)OC)ccc2Cl)cc1S(=O)(=O)N1CCOCC1. The van der Waals surface area contributed by atoms with E-state index in [4.69, 9.17) is 16.3 Å². The minimum absolute atomic E-state index is 0.0963. The van der Waals surface area contributed by atoms with Gasteiger partial charge in [0.05, 0.1) is 41.5 Å². The van der Waals surface area contributed by atoms with Gasteiger partial charge in [-0.3, -0.25) is 4.79 Å². The third-order valence-electron chi connectivity index (χ3n) is 4.93. The normalized spacial score (nSPS) is 14.8. The summed E-state index contributed by atoms with van der Waals surface area (Å²) < 4.78 is 37.6. The standard InChI is InChI=1S/C21H23ClN2O6S/c1-3-14-4-5-15(13-19(14)31(27,28)24-8-10-30-11-9-24)20(25)23-18-12-16(21(26)29-2)6-7-17(18)22/h4-7,12-13H,3,8-11H2,1-2H3,(H,23,25). The van der Waals surface area contributed by atoms with Crippen LogP contribution in [0.5, 0.6) is 0 Å². The van der Waals surface area contributed by atoms with Crippen LogP contribution >= 0.6 is 11.6 Å². The molecule has 1 fully saturated rings. The molecule has 1 aliphatic rings. The maximum absolute atomic E-state index is 13.2. The number of sulfonamides is 1. The topological polar surface area (TPSA) is 102 Å². The second kappa shape index (κ2) is 9.78. The molecule has 10 heteroatoms. The molecule has 1 heterocycles. The molecule has 0 radical (unpaired) electrons. The second-order valence-electron chi connectivity index (χ2n) is 6.83. The van der Waals surface area contributed by atoms with E-state index in [9.17, 15) is 18.0 Å². The van der Waals surface area contributed by atoms with Gasteiger partial charge in [0.2, 0.25) is 10.0 Å². The number of rotatable bonds is 6. The summed E-state index contributed by atoms with van der Waals surface area (Å²) >= 11 is 6.15. The van der Waals surface area contributed by atoms with Crippen LogP contribution < -0.4 is 5.32 Å². The molecule has 1 saturated heterocycles. The van der Waals surface area contributed by atoms with Crippen molar-refractivity contribution < 1.29 is 27.5 Å². The van der Waals surface area contributed by atoms with Gasteiger partial charge in [0.15, 0.2) is 0 Å². The number of benzene rings is 2. The highest BCUT2D eigenvalue weighted by Crippen LogP contribution is 2.26. The highest BCUT2D eigenvalue weighted by Gasteiger charge is 2.29. The number of esters is 1. The summed E-state index contributed by atoms with van der Waals surface area (Å²) in [5.74, 6) is -1.12. The van der Waals surface area contributed by atoms with E-state index in [1.54, 1.807) is 12.1 Å². The molecule has 0 saturated carbocycles. The van der Waals surface area contributed by atoms with Gasteiger partial charge in [0.25, 0.3) is 5.91 Å². The first-order valence-electron chi connectivity index (χ1n) is 9.68. The van der Waals surface area contributed by atoms with E-state index in [0.29, 0.717) is 25.2 Å². The summed E-state index contributed by atoms with van der Waals surface area (Å²) in [6.07, 6.45) is 0.494. The lowest BCUT2D eigenvalue weighted by Gasteiger charge is -2.27. The van der Waals surface area contributed by atoms with Crippen LogP contribution in [0, 0.1) is 0 Å². The molecule has 2 aromatic carbocycles. The van der Waals surface area contributed by atoms with Gasteiger partial charge in [-0.2, -0.15) is 4.31 Å². The molecule has 2 aromatic rings. The van der Waals surface area contributed by atoms with Crippen molar-refractivity contribution in [1.29, 1.82) is 0 Å². The Kier molecular flexibility index (Phi) is 7.32. The van der Waals surface area contributed by atoms with Gasteiger partial charge >= 0.3 is 5.97 Å². The molecule has 3 rings (SSSR count). The van der Waals surface area contributed by atoms with E-state index in [-0.39, 0.29) is 39.8 Å². The first-order valence-corrected chi connectivity index (χ1v) is 11.5. The molecule has 1 N–H and O–H groups in total. The maximum atomic E-state index is 13.2. The zero-order valence-corrected chi connectivity index (χ0v) is 18.8. The third-order valence-corrected chi connectivity index (χ3v) is 7.24. The van der Waals surface area contributed by atoms with Crippen molar-refractivity contribution in [2.24, 2.45) is 0 Å². The number of aryl methyl sites for hydroxylation is 1. The van der Waals surface area contributed by atoms with Crippen molar-refractivity contribution >= 4 is 39.2 Å². The number of amides is 1. The number of anilines is 1. The van der Waals surface area contributed by atoms with E-state index in [1.807, 2.05) is 6.92 Å². The summed E-state index contributed by atoms with van der Waals surface area (Å²) in [4.78, 5) is 24.7. The smallest absolute Gasteiger partial charge is 0.337 e. The Labute approximate surface area is 186 Å². The highest BCUT2D eigenvalue weighted by atomic mass is 35.5. The van der Waals surface area contributed by atoms with Crippen molar-refractivity contribution in [2.75, 3.05) is 38.7 Å². The Morgan fingerprint density at radius 2 is 1.81 bits per heavy atom. The van der Waals surface area contributed by atoms with Crippen LogP contribution in [0.1, 0.15) is 33.2 Å². The number of morpholine rings is 1. The largest absolute Gasteiger partial charge is 0.465 e. The lowest BCUT2D eigenvalue weighted by molar-refractivity contribution is 0.0600. The first-order chi connectivity index (χ1) is 14.8. The Hall–Kier alpha value is -2.46. The van der Waals surface area contributed by atoms with E-state index in [2.05, 4.69) is 10.1 Å². The number of hydrogen-bond acceptors (Lipinski definition) is 6. The van der Waals surface area contributed by atoms with Gasteiger partial charge in [0.1, 0.15) is 0 Å². The lowest BCUT2D eigenvalue weighted by atomic mass is 10.1. The average molecular weight is 467 g/mol. The fourth-order valence-corrected chi connectivity index (χ4v) is 5.11. The monoisotopic (exact) mass is 466 g/mol. The van der Waals surface area contributed by atoms with Crippen molar-refractivity contribution in [3.8, 4) is 0 Å². The fourth-order valence-electron chi connectivity index (χ4n) is 3.21. The second-order valence-corrected chi connectivity index (χ2v) is 9.15. The number of carbonyl (C=O) groups is 2. The van der Waals surface area contributed by atoms with Crippen LogP contribution in [0.2, 0.25) is 5.02 Å². The van der Waals surface area contributed by atoms with E-state index < -0.39 is 21.9 Å². The first kappa shape index (κ1) is 23.2. The number of halogens is 1. The Morgan fingerprint density at radius 3 is 2.45 bits per heavy atom. The van der Waals surface area contributed by atoms with Crippen molar-refractivity contribution in [3.05, 3.63) is 58.1 Å². The highest BCUT2D eigenvalue weighted by molar-refractivity contribution is 7.89. The predicted molar refractivity (Wildman–Crippen MR) is 116 cm³/mol. The number of nitrogens with zero attached hydrogens (tertiary/aromatic N) is 1. The van der Waals surface area contributed by atoms with Crippen LogP contribution in [0.3, 0.4) is 0 Å². The molecule has 31 heavy (non-hydrogen) atoms. The molecule has 0 bridgehead atoms. The minimum atomic E-state index is -3.78. The number of methoxy groups -OCH3 is 1. The maximum Gasteiger partial charge on any atom is 0.337 e. The summed E-state index contributed by atoms with van der Waals surface area (Å²) in [6, 6.07) is 8.92. The Bertz CT molecular complexity index is 1100. The summed E-state index contributed by atoms with van der Waals surface area (Å²) in [5.41, 5.74) is 1.21. The van der Waals surface area contributed by atoms with Crippen molar-refractivity contribution in [3.63, 3.8) is 0 Å². The van der Waals surface area contributed by atoms with Crippen molar-refractivity contribution in [2.45, 2.75) is 18.2 Å². The van der Waals surface area contributed by atoms with Gasteiger partial charge in [-0.15, -0.1) is 0 Å². The van der Waals surface area contributed by atoms with Crippen LogP contribution in [0.4, 0.5) is 5.69 Å². The Morgan fingerprint density at radius 1 is 1.13 bits per heavy atom. The number of ether oxygens (including phenoxy) is 2. The molecule has 8 nitrogen and oxygen atoms in total. The molecule has 1 amide bonds. The van der Waals surface area contributed by atoms with Gasteiger partial charge in [-0.05, 0) is 42.3 Å². The summed E-state index contributed by atoms with van der Waals surface area (Å²) in [6.45, 7) is 3.03. The van der Waals surface area contributed by atoms with Gasteiger partial charge in [0, 0.05) is 18.7 Å². The molecular weight excluding hydrogens is 444 g/mol. The molecule has 0 aromatic heterocycles. The average Bonchev–Trinajstić information content (AvgIpc) is 2.80. The zero-order chi connectivity index (χ0) is 22.6. The van der Waals surface area contributed by atoms with Gasteiger partial charge in [-0.25, -0.2) is 13.2 Å². The fraction of sp³-hybridized carbons (Fsp3) is 0.333. The van der Waals surface area contributed by atoms with E-state index in [1.165, 1.54) is 35.7 Å². The van der Waals surface area contributed by atoms with Gasteiger partial charge in [-0.1, -0.05) is 24.6 Å². The number of nitrogens with one attached hydrogen (secondary N) is 1. The number of hydrogen-bond donors (Lipinski definition) is 1. The van der Waals surface area contributed by atoms with E-state index >= 15 is 0 Å². The van der Waals surface area contributed by atoms with Crippen LogP contribution in [-0.4, -0.2) is 58.0 Å². The van der Waals surface area contributed by atoms with Gasteiger partial charge < -0.3 is 14.8 Å². The Balaban J connectivity index is 1.93. The predicted octanol–water partition coefficient (Wildman–Crippen LogP) is 2.96. The quantitative estimate of drug-likeness (QED) is 0.657. The summed E-state index contributed by atoms with van der Waals surface area (Å²) in [5, 5.41) is 2.86. The van der Waals surface area contributed by atoms with Crippen LogP contribution in [0.25, 0.3) is 0 Å². The lowest BCUT2D eigenvalue weighted by Crippen LogP contribution is -2.41. The molecule has 0 spiro atoms.